The summed E-state index contributed by atoms with van der Waals surface area (Å²) >= 11 is 1.67. The van der Waals surface area contributed by atoms with Crippen LogP contribution in [-0.4, -0.2) is 43.5 Å². The fourth-order valence-corrected chi connectivity index (χ4v) is 5.39. The summed E-state index contributed by atoms with van der Waals surface area (Å²) in [6, 6.07) is 14.0. The minimum atomic E-state index is -4.36. The minimum Gasteiger partial charge on any atom is -0.385 e. The second kappa shape index (κ2) is 12.3. The van der Waals surface area contributed by atoms with Gasteiger partial charge in [0.25, 0.3) is 0 Å². The number of hydrogen-bond acceptors (Lipinski definition) is 6. The molecule has 0 aliphatic carbocycles. The Labute approximate surface area is 214 Å². The van der Waals surface area contributed by atoms with Crippen molar-refractivity contribution in [1.29, 1.82) is 5.26 Å². The molecule has 3 aromatic rings. The number of fused-ring (bicyclic) bond motifs is 1. The van der Waals surface area contributed by atoms with E-state index in [9.17, 15) is 18.4 Å². The number of piperazine rings is 1. The molecule has 0 atom stereocenters. The van der Waals surface area contributed by atoms with Gasteiger partial charge in [-0.15, -0.1) is 11.8 Å². The molecule has 36 heavy (non-hydrogen) atoms. The lowest BCUT2D eigenvalue weighted by Crippen LogP contribution is -2.43. The van der Waals surface area contributed by atoms with Gasteiger partial charge < -0.3 is 15.5 Å². The van der Waals surface area contributed by atoms with Crippen molar-refractivity contribution in [2.75, 3.05) is 48.7 Å². The highest BCUT2D eigenvalue weighted by Gasteiger charge is 2.30. The standard InChI is InChI=1S/C27H30F3N5S/c28-27(29,30)21-5-7-23-24(18-21)34-11-9-26(23)36-16-4-2-1-3-10-33-22-6-8-25(20(17-22)19-31)35-14-12-32-13-15-35/h5-9,11,17-18,32-33H,1-4,10,12-16H2. The second-order valence-corrected chi connectivity index (χ2v) is 9.95. The molecule has 0 amide bonds. The van der Waals surface area contributed by atoms with Crippen molar-refractivity contribution >= 4 is 34.0 Å². The molecular weight excluding hydrogens is 483 g/mol. The maximum absolute atomic E-state index is 13.0. The zero-order chi connectivity index (χ0) is 25.4. The van der Waals surface area contributed by atoms with Crippen molar-refractivity contribution in [3.8, 4) is 6.07 Å². The molecule has 0 saturated carbocycles. The highest BCUT2D eigenvalue weighted by molar-refractivity contribution is 7.99. The van der Waals surface area contributed by atoms with Crippen LogP contribution in [0.1, 0.15) is 36.8 Å². The zero-order valence-corrected chi connectivity index (χ0v) is 20.9. The molecule has 2 heterocycles. The second-order valence-electron chi connectivity index (χ2n) is 8.81. The number of nitrogens with zero attached hydrogens (tertiary/aromatic N) is 3. The van der Waals surface area contributed by atoms with Crippen LogP contribution in [0.15, 0.2) is 53.6 Å². The molecule has 1 aromatic heterocycles. The molecule has 0 bridgehead atoms. The van der Waals surface area contributed by atoms with E-state index in [1.165, 1.54) is 6.07 Å². The lowest BCUT2D eigenvalue weighted by molar-refractivity contribution is -0.137. The highest BCUT2D eigenvalue weighted by Crippen LogP contribution is 2.34. The van der Waals surface area contributed by atoms with E-state index in [1.54, 1.807) is 18.0 Å². The minimum absolute atomic E-state index is 0.376. The van der Waals surface area contributed by atoms with Crippen molar-refractivity contribution in [1.82, 2.24) is 10.3 Å². The molecule has 1 aliphatic heterocycles. The Morgan fingerprint density at radius 3 is 2.61 bits per heavy atom. The van der Waals surface area contributed by atoms with Gasteiger partial charge in [-0.2, -0.15) is 18.4 Å². The van der Waals surface area contributed by atoms with E-state index in [-0.39, 0.29) is 0 Å². The van der Waals surface area contributed by atoms with Crippen molar-refractivity contribution in [2.24, 2.45) is 0 Å². The van der Waals surface area contributed by atoms with Gasteiger partial charge in [-0.3, -0.25) is 4.98 Å². The topological polar surface area (TPSA) is 64.0 Å². The molecule has 0 spiro atoms. The third kappa shape index (κ3) is 6.83. The maximum atomic E-state index is 13.0. The van der Waals surface area contributed by atoms with Gasteiger partial charge in [0.1, 0.15) is 6.07 Å². The first-order valence-electron chi connectivity index (χ1n) is 12.3. The summed E-state index contributed by atoms with van der Waals surface area (Å²) < 4.78 is 38.9. The molecule has 1 fully saturated rings. The molecule has 190 valence electrons. The predicted molar refractivity (Wildman–Crippen MR) is 141 cm³/mol. The molecule has 0 radical (unpaired) electrons. The average Bonchev–Trinajstić information content (AvgIpc) is 2.89. The van der Waals surface area contributed by atoms with Gasteiger partial charge in [-0.25, -0.2) is 0 Å². The molecule has 1 saturated heterocycles. The number of anilines is 2. The summed E-state index contributed by atoms with van der Waals surface area (Å²) in [5.74, 6) is 0.909. The Kier molecular flexibility index (Phi) is 8.94. The van der Waals surface area contributed by atoms with E-state index in [2.05, 4.69) is 26.6 Å². The monoisotopic (exact) mass is 513 g/mol. The van der Waals surface area contributed by atoms with Gasteiger partial charge in [0.2, 0.25) is 0 Å². The van der Waals surface area contributed by atoms with Crippen LogP contribution in [0.25, 0.3) is 10.9 Å². The first-order valence-corrected chi connectivity index (χ1v) is 13.3. The first-order chi connectivity index (χ1) is 17.5. The molecule has 2 N–H and O–H groups in total. The maximum Gasteiger partial charge on any atom is 0.416 e. The van der Waals surface area contributed by atoms with E-state index in [4.69, 9.17) is 0 Å². The van der Waals surface area contributed by atoms with Gasteiger partial charge in [0.15, 0.2) is 0 Å². The predicted octanol–water partition coefficient (Wildman–Crippen LogP) is 6.30. The summed E-state index contributed by atoms with van der Waals surface area (Å²) in [7, 11) is 0. The highest BCUT2D eigenvalue weighted by atomic mass is 32.2. The van der Waals surface area contributed by atoms with Crippen molar-refractivity contribution < 1.29 is 13.2 Å². The number of rotatable bonds is 10. The van der Waals surface area contributed by atoms with Gasteiger partial charge in [-0.05, 0) is 55.0 Å². The Morgan fingerprint density at radius 2 is 1.83 bits per heavy atom. The van der Waals surface area contributed by atoms with Crippen LogP contribution in [-0.2, 0) is 6.18 Å². The lowest BCUT2D eigenvalue weighted by Gasteiger charge is -2.30. The van der Waals surface area contributed by atoms with Crippen LogP contribution in [0.2, 0.25) is 0 Å². The molecular formula is C27H30F3N5S. The summed E-state index contributed by atoms with van der Waals surface area (Å²) in [5, 5.41) is 17.1. The number of unbranched alkanes of at least 4 members (excludes halogenated alkanes) is 3. The summed E-state index contributed by atoms with van der Waals surface area (Å²) in [4.78, 5) is 7.34. The van der Waals surface area contributed by atoms with E-state index in [1.807, 2.05) is 24.3 Å². The first kappa shape index (κ1) is 26.1. The normalized spacial score (nSPS) is 14.1. The number of nitriles is 1. The zero-order valence-electron chi connectivity index (χ0n) is 20.1. The number of nitrogens with one attached hydrogen (secondary N) is 2. The van der Waals surface area contributed by atoms with Gasteiger partial charge in [0, 0.05) is 54.9 Å². The van der Waals surface area contributed by atoms with E-state index < -0.39 is 11.7 Å². The molecule has 9 heteroatoms. The third-order valence-corrected chi connectivity index (χ3v) is 7.42. The third-order valence-electron chi connectivity index (χ3n) is 6.26. The summed E-state index contributed by atoms with van der Waals surface area (Å²) in [6.07, 6.45) is 1.45. The summed E-state index contributed by atoms with van der Waals surface area (Å²) in [5.41, 5.74) is 2.39. The quantitative estimate of drug-likeness (QED) is 0.245. The Morgan fingerprint density at radius 1 is 1.03 bits per heavy atom. The average molecular weight is 514 g/mol. The molecule has 0 unspecified atom stereocenters. The van der Waals surface area contributed by atoms with E-state index in [0.717, 1.165) is 97.9 Å². The number of alkyl halides is 3. The van der Waals surface area contributed by atoms with Crippen LogP contribution in [0.5, 0.6) is 0 Å². The van der Waals surface area contributed by atoms with Crippen LogP contribution in [0.3, 0.4) is 0 Å². The summed E-state index contributed by atoms with van der Waals surface area (Å²) in [6.45, 7) is 4.55. The Balaban J connectivity index is 1.17. The van der Waals surface area contributed by atoms with Crippen LogP contribution in [0.4, 0.5) is 24.5 Å². The fourth-order valence-electron chi connectivity index (χ4n) is 4.34. The van der Waals surface area contributed by atoms with Gasteiger partial charge in [-0.1, -0.05) is 18.9 Å². The molecule has 2 aromatic carbocycles. The largest absolute Gasteiger partial charge is 0.416 e. The van der Waals surface area contributed by atoms with Crippen LogP contribution < -0.4 is 15.5 Å². The van der Waals surface area contributed by atoms with E-state index in [0.29, 0.717) is 11.1 Å². The number of thioether (sulfide) groups is 1. The smallest absolute Gasteiger partial charge is 0.385 e. The van der Waals surface area contributed by atoms with Crippen LogP contribution >= 0.6 is 11.8 Å². The van der Waals surface area contributed by atoms with Gasteiger partial charge >= 0.3 is 6.18 Å². The number of hydrogen-bond donors (Lipinski definition) is 2. The number of benzene rings is 2. The van der Waals surface area contributed by atoms with Crippen molar-refractivity contribution in [3.63, 3.8) is 0 Å². The molecule has 1 aliphatic rings. The Bertz CT molecular complexity index is 1200. The Hall–Kier alpha value is -2.96. The lowest BCUT2D eigenvalue weighted by atomic mass is 10.1. The number of halogens is 3. The molecule has 4 rings (SSSR count). The van der Waals surface area contributed by atoms with E-state index >= 15 is 0 Å². The van der Waals surface area contributed by atoms with Crippen molar-refractivity contribution in [2.45, 2.75) is 36.8 Å². The fraction of sp³-hybridized carbons (Fsp3) is 0.407. The van der Waals surface area contributed by atoms with Gasteiger partial charge in [0.05, 0.1) is 22.3 Å². The molecule has 5 nitrogen and oxygen atoms in total. The SMILES string of the molecule is N#Cc1cc(NCCCCCCSc2ccnc3cc(C(F)(F)F)ccc23)ccc1N1CCNCC1. The number of aromatic nitrogens is 1. The van der Waals surface area contributed by atoms with Crippen molar-refractivity contribution in [3.05, 3.63) is 59.8 Å². The number of pyridine rings is 1. The van der Waals surface area contributed by atoms with Crippen LogP contribution in [0, 0.1) is 11.3 Å².